The largest absolute Gasteiger partial charge is 0.508 e. The molecule has 32 heavy (non-hydrogen) atoms. The Hall–Kier alpha value is -4.31. The summed E-state index contributed by atoms with van der Waals surface area (Å²) < 4.78 is 0. The van der Waals surface area contributed by atoms with Gasteiger partial charge in [0.05, 0.1) is 12.5 Å². The van der Waals surface area contributed by atoms with Crippen LogP contribution >= 0.6 is 0 Å². The van der Waals surface area contributed by atoms with Crippen LogP contribution in [-0.4, -0.2) is 29.6 Å². The van der Waals surface area contributed by atoms with E-state index in [4.69, 9.17) is 5.26 Å². The summed E-state index contributed by atoms with van der Waals surface area (Å²) in [6.07, 6.45) is 0.413. The van der Waals surface area contributed by atoms with E-state index in [0.717, 1.165) is 16.7 Å². The number of rotatable bonds is 8. The number of phenols is 1. The van der Waals surface area contributed by atoms with Gasteiger partial charge in [-0.25, -0.2) is 4.79 Å². The number of anilines is 1. The minimum absolute atomic E-state index is 0.119. The average Bonchev–Trinajstić information content (AvgIpc) is 2.81. The molecule has 162 valence electrons. The van der Waals surface area contributed by atoms with Gasteiger partial charge in [0.1, 0.15) is 11.8 Å². The van der Waals surface area contributed by atoms with E-state index in [1.54, 1.807) is 24.3 Å². The maximum Gasteiger partial charge on any atom is 0.319 e. The molecule has 0 aliphatic heterocycles. The van der Waals surface area contributed by atoms with Gasteiger partial charge >= 0.3 is 6.03 Å². The summed E-state index contributed by atoms with van der Waals surface area (Å²) >= 11 is 0. The maximum atomic E-state index is 12.6. The van der Waals surface area contributed by atoms with Crippen molar-refractivity contribution in [1.29, 1.82) is 5.26 Å². The minimum Gasteiger partial charge on any atom is -0.508 e. The van der Waals surface area contributed by atoms with Gasteiger partial charge in [-0.15, -0.1) is 0 Å². The number of nitrogens with zero attached hydrogens (tertiary/aromatic N) is 1. The van der Waals surface area contributed by atoms with Crippen molar-refractivity contribution in [3.8, 4) is 22.9 Å². The highest BCUT2D eigenvalue weighted by molar-refractivity contribution is 5.94. The molecule has 1 unspecified atom stereocenters. The standard InChI is InChI=1S/C25H24N4O3/c26-15-4-16-27-24(31)23(17-18-7-13-22(30)14-8-18)29-25(32)28-21-11-9-20(10-12-21)19-5-2-1-3-6-19/h1-3,5-14,23,30H,4,16-17H2,(H,27,31)(H2,28,29,32). The van der Waals surface area contributed by atoms with Crippen LogP contribution in [0.2, 0.25) is 0 Å². The summed E-state index contributed by atoms with van der Waals surface area (Å²) in [6.45, 7) is 0.200. The molecule has 0 bridgehead atoms. The van der Waals surface area contributed by atoms with Crippen LogP contribution in [-0.2, 0) is 11.2 Å². The third kappa shape index (κ3) is 6.61. The predicted molar refractivity (Wildman–Crippen MR) is 123 cm³/mol. The average molecular weight is 428 g/mol. The zero-order valence-electron chi connectivity index (χ0n) is 17.4. The Morgan fingerprint density at radius 3 is 2.22 bits per heavy atom. The first-order valence-corrected chi connectivity index (χ1v) is 10.2. The third-order valence-electron chi connectivity index (χ3n) is 4.78. The summed E-state index contributed by atoms with van der Waals surface area (Å²) in [7, 11) is 0. The van der Waals surface area contributed by atoms with E-state index >= 15 is 0 Å². The highest BCUT2D eigenvalue weighted by Crippen LogP contribution is 2.21. The first-order valence-electron chi connectivity index (χ1n) is 10.2. The Balaban J connectivity index is 1.64. The molecular weight excluding hydrogens is 404 g/mol. The molecule has 0 radical (unpaired) electrons. The fourth-order valence-electron chi connectivity index (χ4n) is 3.14. The van der Waals surface area contributed by atoms with Crippen molar-refractivity contribution in [3.63, 3.8) is 0 Å². The lowest BCUT2D eigenvalue weighted by Crippen LogP contribution is -2.49. The second-order valence-electron chi connectivity index (χ2n) is 7.16. The molecule has 0 aliphatic carbocycles. The van der Waals surface area contributed by atoms with Gasteiger partial charge in [0.25, 0.3) is 0 Å². The number of phenolic OH excluding ortho intramolecular Hbond substituents is 1. The molecule has 0 heterocycles. The Bertz CT molecular complexity index is 1070. The summed E-state index contributed by atoms with van der Waals surface area (Å²) in [5.41, 5.74) is 3.47. The van der Waals surface area contributed by atoms with Crippen LogP contribution in [0.1, 0.15) is 12.0 Å². The van der Waals surface area contributed by atoms with Gasteiger partial charge in [0, 0.05) is 18.7 Å². The van der Waals surface area contributed by atoms with Crippen LogP contribution in [0, 0.1) is 11.3 Å². The van der Waals surface area contributed by atoms with Crippen LogP contribution in [0.5, 0.6) is 5.75 Å². The molecule has 0 aromatic heterocycles. The number of benzene rings is 3. The van der Waals surface area contributed by atoms with Crippen molar-refractivity contribution < 1.29 is 14.7 Å². The SMILES string of the molecule is N#CCCNC(=O)C(Cc1ccc(O)cc1)NC(=O)Nc1ccc(-c2ccccc2)cc1. The number of nitriles is 1. The fourth-order valence-corrected chi connectivity index (χ4v) is 3.14. The normalized spacial score (nSPS) is 11.1. The van der Waals surface area contributed by atoms with Crippen molar-refractivity contribution in [2.75, 3.05) is 11.9 Å². The van der Waals surface area contributed by atoms with Crippen LogP contribution < -0.4 is 16.0 Å². The first-order chi connectivity index (χ1) is 15.5. The summed E-state index contributed by atoms with van der Waals surface area (Å²) in [6, 6.07) is 24.3. The number of nitrogens with one attached hydrogen (secondary N) is 3. The number of hydrogen-bond donors (Lipinski definition) is 4. The molecule has 0 spiro atoms. The van der Waals surface area contributed by atoms with Crippen molar-refractivity contribution in [3.05, 3.63) is 84.4 Å². The Kier molecular flexibility index (Phi) is 7.82. The minimum atomic E-state index is -0.846. The van der Waals surface area contributed by atoms with Crippen LogP contribution in [0.3, 0.4) is 0 Å². The number of urea groups is 1. The lowest BCUT2D eigenvalue weighted by Gasteiger charge is -2.19. The molecule has 1 atom stereocenters. The molecule has 0 saturated carbocycles. The van der Waals surface area contributed by atoms with E-state index < -0.39 is 12.1 Å². The number of amides is 3. The van der Waals surface area contributed by atoms with Crippen LogP contribution in [0.25, 0.3) is 11.1 Å². The molecule has 0 aliphatic rings. The molecule has 7 heteroatoms. The monoisotopic (exact) mass is 428 g/mol. The zero-order chi connectivity index (χ0) is 22.8. The maximum absolute atomic E-state index is 12.6. The van der Waals surface area contributed by atoms with Crippen molar-refractivity contribution in [2.45, 2.75) is 18.9 Å². The van der Waals surface area contributed by atoms with E-state index in [1.165, 1.54) is 12.1 Å². The number of hydrogen-bond acceptors (Lipinski definition) is 4. The number of carbonyl (C=O) groups excluding carboxylic acids is 2. The lowest BCUT2D eigenvalue weighted by atomic mass is 10.0. The van der Waals surface area contributed by atoms with Gasteiger partial charge in [0.2, 0.25) is 5.91 Å². The van der Waals surface area contributed by atoms with Crippen LogP contribution in [0.4, 0.5) is 10.5 Å². The second kappa shape index (κ2) is 11.2. The van der Waals surface area contributed by atoms with Gasteiger partial charge in [-0.05, 0) is 41.0 Å². The van der Waals surface area contributed by atoms with Gasteiger partial charge in [-0.3, -0.25) is 4.79 Å². The molecule has 3 aromatic carbocycles. The van der Waals surface area contributed by atoms with Crippen molar-refractivity contribution in [1.82, 2.24) is 10.6 Å². The Morgan fingerprint density at radius 2 is 1.56 bits per heavy atom. The topological polar surface area (TPSA) is 114 Å². The first kappa shape index (κ1) is 22.4. The van der Waals surface area contributed by atoms with Gasteiger partial charge in [-0.1, -0.05) is 54.6 Å². The number of carbonyl (C=O) groups is 2. The predicted octanol–water partition coefficient (Wildman–Crippen LogP) is 3.82. The lowest BCUT2D eigenvalue weighted by molar-refractivity contribution is -0.122. The van der Waals surface area contributed by atoms with Crippen molar-refractivity contribution >= 4 is 17.6 Å². The van der Waals surface area contributed by atoms with Gasteiger partial charge in [0.15, 0.2) is 0 Å². The smallest absolute Gasteiger partial charge is 0.319 e. The number of aromatic hydroxyl groups is 1. The van der Waals surface area contributed by atoms with E-state index in [9.17, 15) is 14.7 Å². The summed E-state index contributed by atoms with van der Waals surface area (Å²) in [5, 5.41) is 26.2. The molecule has 0 saturated heterocycles. The summed E-state index contributed by atoms with van der Waals surface area (Å²) in [5.74, 6) is -0.267. The highest BCUT2D eigenvalue weighted by atomic mass is 16.3. The second-order valence-corrected chi connectivity index (χ2v) is 7.16. The van der Waals surface area contributed by atoms with Gasteiger partial charge in [-0.2, -0.15) is 5.26 Å². The molecule has 3 aromatic rings. The molecule has 3 amide bonds. The van der Waals surface area contributed by atoms with Crippen molar-refractivity contribution in [2.24, 2.45) is 0 Å². The van der Waals surface area contributed by atoms with E-state index in [1.807, 2.05) is 48.5 Å². The quantitative estimate of drug-likeness (QED) is 0.408. The van der Waals surface area contributed by atoms with Crippen LogP contribution in [0.15, 0.2) is 78.9 Å². The van der Waals surface area contributed by atoms with Gasteiger partial charge < -0.3 is 21.1 Å². The van der Waals surface area contributed by atoms with E-state index in [-0.39, 0.29) is 31.0 Å². The highest BCUT2D eigenvalue weighted by Gasteiger charge is 2.21. The van der Waals surface area contributed by atoms with E-state index in [0.29, 0.717) is 5.69 Å². The molecule has 3 rings (SSSR count). The molecule has 7 nitrogen and oxygen atoms in total. The molecule has 4 N–H and O–H groups in total. The molecular formula is C25H24N4O3. The fraction of sp³-hybridized carbons (Fsp3) is 0.160. The van der Waals surface area contributed by atoms with E-state index in [2.05, 4.69) is 16.0 Å². The molecule has 0 fully saturated rings. The summed E-state index contributed by atoms with van der Waals surface area (Å²) in [4.78, 5) is 25.1. The Labute approximate surface area is 186 Å². The Morgan fingerprint density at radius 1 is 0.906 bits per heavy atom. The zero-order valence-corrected chi connectivity index (χ0v) is 17.4. The third-order valence-corrected chi connectivity index (χ3v) is 4.78.